The number of rotatable bonds is 3. The molecule has 2 aliphatic rings. The van der Waals surface area contributed by atoms with Crippen LogP contribution in [-0.2, 0) is 14.3 Å². The van der Waals surface area contributed by atoms with Gasteiger partial charge in [-0.25, -0.2) is 0 Å². The van der Waals surface area contributed by atoms with Gasteiger partial charge in [0.1, 0.15) is 6.10 Å². The van der Waals surface area contributed by atoms with Gasteiger partial charge in [0.2, 0.25) is 5.91 Å². The summed E-state index contributed by atoms with van der Waals surface area (Å²) in [5.74, 6) is 0.167. The highest BCUT2D eigenvalue weighted by atomic mass is 16.5. The van der Waals surface area contributed by atoms with Gasteiger partial charge in [-0.05, 0) is 12.8 Å². The second kappa shape index (κ2) is 6.15. The van der Waals surface area contributed by atoms with E-state index in [4.69, 9.17) is 10.5 Å². The number of amides is 2. The lowest BCUT2D eigenvalue weighted by atomic mass is 10.2. The second-order valence-corrected chi connectivity index (χ2v) is 4.75. The minimum Gasteiger partial charge on any atom is -0.368 e. The third-order valence-corrected chi connectivity index (χ3v) is 3.51. The van der Waals surface area contributed by atoms with Crippen LogP contribution in [0.25, 0.3) is 0 Å². The van der Waals surface area contributed by atoms with Crippen molar-refractivity contribution in [2.24, 2.45) is 5.73 Å². The molecule has 0 aromatic heterocycles. The molecular weight excluding hydrogens is 234 g/mol. The zero-order chi connectivity index (χ0) is 13.0. The number of carbonyl (C=O) groups is 2. The molecule has 2 N–H and O–H groups in total. The zero-order valence-corrected chi connectivity index (χ0v) is 10.6. The van der Waals surface area contributed by atoms with Crippen LogP contribution < -0.4 is 5.73 Å². The first-order valence-corrected chi connectivity index (χ1v) is 6.60. The molecule has 18 heavy (non-hydrogen) atoms. The Bertz CT molecular complexity index is 308. The summed E-state index contributed by atoms with van der Waals surface area (Å²) in [5.41, 5.74) is 5.37. The van der Waals surface area contributed by atoms with E-state index >= 15 is 0 Å². The molecule has 0 aliphatic carbocycles. The van der Waals surface area contributed by atoms with Crippen molar-refractivity contribution in [3.8, 4) is 0 Å². The maximum absolute atomic E-state index is 12.1. The van der Waals surface area contributed by atoms with Crippen LogP contribution in [0.5, 0.6) is 0 Å². The van der Waals surface area contributed by atoms with Gasteiger partial charge < -0.3 is 20.3 Å². The molecule has 2 saturated heterocycles. The molecule has 0 saturated carbocycles. The van der Waals surface area contributed by atoms with Gasteiger partial charge in [0.15, 0.2) is 0 Å². The Hall–Kier alpha value is -1.14. The van der Waals surface area contributed by atoms with Crippen LogP contribution in [0.2, 0.25) is 0 Å². The highest BCUT2D eigenvalue weighted by Crippen LogP contribution is 2.16. The lowest BCUT2D eigenvalue weighted by molar-refractivity contribution is -0.145. The van der Waals surface area contributed by atoms with Crippen LogP contribution >= 0.6 is 0 Å². The third-order valence-electron chi connectivity index (χ3n) is 3.51. The van der Waals surface area contributed by atoms with Gasteiger partial charge >= 0.3 is 0 Å². The first-order chi connectivity index (χ1) is 8.72. The lowest BCUT2D eigenvalue weighted by Gasteiger charge is -2.35. The topological polar surface area (TPSA) is 75.9 Å². The summed E-state index contributed by atoms with van der Waals surface area (Å²) in [6.07, 6.45) is 1.92. The van der Waals surface area contributed by atoms with E-state index in [9.17, 15) is 9.59 Å². The number of nitrogens with zero attached hydrogens (tertiary/aromatic N) is 2. The molecule has 0 radical (unpaired) electrons. The highest BCUT2D eigenvalue weighted by molar-refractivity contribution is 5.82. The van der Waals surface area contributed by atoms with Gasteiger partial charge in [0.05, 0.1) is 0 Å². The van der Waals surface area contributed by atoms with E-state index in [0.717, 1.165) is 12.8 Å². The number of ether oxygens (including phenoxy) is 1. The molecule has 1 unspecified atom stereocenters. The monoisotopic (exact) mass is 255 g/mol. The Balaban J connectivity index is 1.79. The molecule has 2 amide bonds. The van der Waals surface area contributed by atoms with Gasteiger partial charge in [-0.2, -0.15) is 0 Å². The highest BCUT2D eigenvalue weighted by Gasteiger charge is 2.30. The average molecular weight is 255 g/mol. The Kier molecular flexibility index (Phi) is 4.54. The number of carbonyl (C=O) groups excluding carboxylic acids is 2. The van der Waals surface area contributed by atoms with Gasteiger partial charge in [-0.15, -0.1) is 0 Å². The van der Waals surface area contributed by atoms with Gasteiger partial charge in [0, 0.05) is 45.8 Å². The maximum Gasteiger partial charge on any atom is 0.251 e. The smallest absolute Gasteiger partial charge is 0.251 e. The molecule has 6 nitrogen and oxygen atoms in total. The van der Waals surface area contributed by atoms with Gasteiger partial charge in [-0.3, -0.25) is 9.59 Å². The van der Waals surface area contributed by atoms with Crippen molar-refractivity contribution < 1.29 is 14.3 Å². The van der Waals surface area contributed by atoms with Crippen molar-refractivity contribution in [3.63, 3.8) is 0 Å². The third kappa shape index (κ3) is 3.00. The molecule has 0 aromatic carbocycles. The quantitative estimate of drug-likeness (QED) is 0.715. The van der Waals surface area contributed by atoms with Crippen molar-refractivity contribution in [1.82, 2.24) is 9.80 Å². The van der Waals surface area contributed by atoms with Gasteiger partial charge in [0.25, 0.3) is 5.91 Å². The predicted octanol–water partition coefficient (Wildman–Crippen LogP) is -0.815. The molecule has 2 rings (SSSR count). The standard InChI is InChI=1S/C12H21N3O3/c13-4-3-11(16)14-5-7-15(8-6-14)12(17)10-2-1-9-18-10/h10H,1-9,13H2. The van der Waals surface area contributed by atoms with E-state index in [1.54, 1.807) is 4.90 Å². The summed E-state index contributed by atoms with van der Waals surface area (Å²) in [4.78, 5) is 27.3. The summed E-state index contributed by atoms with van der Waals surface area (Å²) >= 11 is 0. The summed E-state index contributed by atoms with van der Waals surface area (Å²) in [6, 6.07) is 0. The van der Waals surface area contributed by atoms with Crippen LogP contribution in [0.3, 0.4) is 0 Å². The van der Waals surface area contributed by atoms with Crippen molar-refractivity contribution >= 4 is 11.8 Å². The molecule has 2 heterocycles. The molecule has 2 aliphatic heterocycles. The van der Waals surface area contributed by atoms with Crippen LogP contribution in [0.15, 0.2) is 0 Å². The molecule has 0 aromatic rings. The molecule has 102 valence electrons. The summed E-state index contributed by atoms with van der Waals surface area (Å²) in [6.45, 7) is 3.50. The molecule has 2 fully saturated rings. The molecule has 1 atom stereocenters. The lowest BCUT2D eigenvalue weighted by Crippen LogP contribution is -2.53. The van der Waals surface area contributed by atoms with Crippen molar-refractivity contribution in [3.05, 3.63) is 0 Å². The van der Waals surface area contributed by atoms with Crippen LogP contribution in [0.1, 0.15) is 19.3 Å². The number of hydrogen-bond acceptors (Lipinski definition) is 4. The van der Waals surface area contributed by atoms with E-state index in [1.807, 2.05) is 4.90 Å². The first-order valence-electron chi connectivity index (χ1n) is 6.60. The Morgan fingerprint density at radius 2 is 1.83 bits per heavy atom. The van der Waals surface area contributed by atoms with Crippen molar-refractivity contribution in [2.75, 3.05) is 39.3 Å². The number of nitrogens with two attached hydrogens (primary N) is 1. The maximum atomic E-state index is 12.1. The van der Waals surface area contributed by atoms with Crippen molar-refractivity contribution in [1.29, 1.82) is 0 Å². The van der Waals surface area contributed by atoms with Crippen LogP contribution in [0, 0.1) is 0 Å². The molecule has 6 heteroatoms. The molecule has 0 spiro atoms. The fourth-order valence-electron chi connectivity index (χ4n) is 2.43. The fourth-order valence-corrected chi connectivity index (χ4v) is 2.43. The average Bonchev–Trinajstić information content (AvgIpc) is 2.92. The normalized spacial score (nSPS) is 24.4. The minimum absolute atomic E-state index is 0.0819. The summed E-state index contributed by atoms with van der Waals surface area (Å²) in [7, 11) is 0. The fraction of sp³-hybridized carbons (Fsp3) is 0.833. The van der Waals surface area contributed by atoms with Crippen molar-refractivity contribution in [2.45, 2.75) is 25.4 Å². The van der Waals surface area contributed by atoms with E-state index in [2.05, 4.69) is 0 Å². The summed E-state index contributed by atoms with van der Waals surface area (Å²) in [5, 5.41) is 0. The minimum atomic E-state index is -0.253. The van der Waals surface area contributed by atoms with Crippen LogP contribution in [-0.4, -0.2) is 67.0 Å². The van der Waals surface area contributed by atoms with Gasteiger partial charge in [-0.1, -0.05) is 0 Å². The Labute approximate surface area is 107 Å². The zero-order valence-electron chi connectivity index (χ0n) is 10.6. The number of hydrogen-bond donors (Lipinski definition) is 1. The summed E-state index contributed by atoms with van der Waals surface area (Å²) < 4.78 is 5.39. The largest absolute Gasteiger partial charge is 0.368 e. The van der Waals surface area contributed by atoms with E-state index < -0.39 is 0 Å². The molecular formula is C12H21N3O3. The first kappa shape index (κ1) is 13.3. The Morgan fingerprint density at radius 1 is 1.17 bits per heavy atom. The van der Waals surface area contributed by atoms with E-state index in [1.165, 1.54) is 0 Å². The van der Waals surface area contributed by atoms with Crippen LogP contribution in [0.4, 0.5) is 0 Å². The SMILES string of the molecule is NCCC(=O)N1CCN(C(=O)C2CCCO2)CC1. The van der Waals surface area contributed by atoms with E-state index in [-0.39, 0.29) is 17.9 Å². The predicted molar refractivity (Wildman–Crippen MR) is 65.8 cm³/mol. The second-order valence-electron chi connectivity index (χ2n) is 4.75. The van der Waals surface area contributed by atoms with E-state index in [0.29, 0.717) is 45.8 Å². The Morgan fingerprint density at radius 3 is 2.39 bits per heavy atom. The number of piperazine rings is 1. The molecule has 0 bridgehead atoms.